The van der Waals surface area contributed by atoms with Gasteiger partial charge in [-0.25, -0.2) is 9.36 Å². The molecule has 0 spiro atoms. The molecule has 75 heavy (non-hydrogen) atoms. The number of ether oxygens (including phenoxy) is 8. The van der Waals surface area contributed by atoms with E-state index in [1.165, 1.54) is 6.08 Å². The lowest BCUT2D eigenvalue weighted by Gasteiger charge is -2.48. The van der Waals surface area contributed by atoms with Crippen LogP contribution in [-0.2, 0) is 96.5 Å². The molecule has 0 aromatic heterocycles. The van der Waals surface area contributed by atoms with Gasteiger partial charge in [0.2, 0.25) is 5.91 Å². The molecule has 2 fully saturated rings. The lowest BCUT2D eigenvalue weighted by Crippen LogP contribution is -2.67. The monoisotopic (exact) mass is 1080 g/mol. The first kappa shape index (κ1) is 59.2. The van der Waals surface area contributed by atoms with Gasteiger partial charge < -0.3 is 52.7 Å². The number of fused-ring (bicyclic) bond motifs is 1. The average molecular weight is 1080 g/mol. The molecule has 0 saturated carbocycles. The molecule has 3 aliphatic rings. The molecule has 6 rings (SSSR count). The van der Waals surface area contributed by atoms with Gasteiger partial charge in [0, 0.05) is 11.3 Å². The zero-order valence-corrected chi connectivity index (χ0v) is 45.5. The molecule has 11 atom stereocenters. The summed E-state index contributed by atoms with van der Waals surface area (Å²) in [4.78, 5) is 43.5. The van der Waals surface area contributed by atoms with Gasteiger partial charge in [-0.2, -0.15) is 0 Å². The average Bonchev–Trinajstić information content (AvgIpc) is 3.55. The highest BCUT2D eigenvalue weighted by Crippen LogP contribution is 2.55. The van der Waals surface area contributed by atoms with Crippen LogP contribution in [0.15, 0.2) is 103 Å². The number of carbonyl (C=O) groups is 3. The van der Waals surface area contributed by atoms with E-state index in [-0.39, 0.29) is 63.9 Å². The van der Waals surface area contributed by atoms with E-state index in [0.29, 0.717) is 11.1 Å². The van der Waals surface area contributed by atoms with Crippen molar-refractivity contribution in [3.8, 4) is 0 Å². The van der Waals surface area contributed by atoms with Crippen LogP contribution < -0.4 is 5.32 Å². The Bertz CT molecular complexity index is 2400. The van der Waals surface area contributed by atoms with Gasteiger partial charge in [-0.1, -0.05) is 137 Å². The van der Waals surface area contributed by atoms with Crippen LogP contribution >= 0.6 is 7.82 Å². The van der Waals surface area contributed by atoms with Gasteiger partial charge in [0.25, 0.3) is 0 Å². The highest BCUT2D eigenvalue weighted by molar-refractivity contribution is 7.48. The van der Waals surface area contributed by atoms with E-state index < -0.39 is 108 Å². The fourth-order valence-electron chi connectivity index (χ4n) is 8.06. The predicted octanol–water partition coefficient (Wildman–Crippen LogP) is 8.87. The SMILES string of the molecule is C=CCOC(=O)O[C@@H]1C(NC(=O)C[C@@H](CC)OC(=O)CC)[C@H](OCC2O[C@@H](O[Si](C)(C)C(C)(C)C)C(N=[N+]=[N-])[C@@H](O)[C@@H]2OCc2ccccc2)OC(COCc2ccccc2)[C@@H]1OP1(=O)OCc2ccccc2CO1. The van der Waals surface area contributed by atoms with Gasteiger partial charge in [-0.05, 0) is 52.3 Å². The second-order valence-corrected chi connectivity index (χ2v) is 26.1. The molecule has 0 radical (unpaired) electrons. The Kier molecular flexibility index (Phi) is 22.0. The Morgan fingerprint density at radius 3 is 2.07 bits per heavy atom. The maximum atomic E-state index is 14.8. The molecule has 3 aliphatic heterocycles. The molecule has 0 bridgehead atoms. The molecule has 410 valence electrons. The molecule has 1 amide bonds. The van der Waals surface area contributed by atoms with Crippen molar-refractivity contribution in [3.63, 3.8) is 0 Å². The Morgan fingerprint density at radius 2 is 1.48 bits per heavy atom. The predicted molar refractivity (Wildman–Crippen MR) is 274 cm³/mol. The fourth-order valence-corrected chi connectivity index (χ4v) is 10.5. The second-order valence-electron chi connectivity index (χ2n) is 19.7. The smallest absolute Gasteiger partial charge is 0.462 e. The summed E-state index contributed by atoms with van der Waals surface area (Å²) in [7, 11) is -7.31. The summed E-state index contributed by atoms with van der Waals surface area (Å²) in [5.74, 6) is -1.22. The lowest BCUT2D eigenvalue weighted by molar-refractivity contribution is -0.299. The summed E-state index contributed by atoms with van der Waals surface area (Å²) >= 11 is 0. The number of phosphoric ester groups is 1. The number of hydrogen-bond acceptors (Lipinski definition) is 18. The number of nitrogens with one attached hydrogen (secondary N) is 1. The van der Waals surface area contributed by atoms with E-state index in [4.69, 9.17) is 55.9 Å². The van der Waals surface area contributed by atoms with Crippen LogP contribution in [0.1, 0.15) is 76.1 Å². The molecule has 2 saturated heterocycles. The maximum absolute atomic E-state index is 14.8. The van der Waals surface area contributed by atoms with Crippen molar-refractivity contribution in [2.45, 2.75) is 166 Å². The summed E-state index contributed by atoms with van der Waals surface area (Å²) in [6, 6.07) is 22.8. The quantitative estimate of drug-likeness (QED) is 0.0161. The first-order valence-corrected chi connectivity index (χ1v) is 29.4. The van der Waals surface area contributed by atoms with Crippen molar-refractivity contribution in [2.75, 3.05) is 19.8 Å². The molecular formula is C52H71N4O17PSi. The van der Waals surface area contributed by atoms with E-state index in [9.17, 15) is 29.6 Å². The zero-order valence-electron chi connectivity index (χ0n) is 43.6. The number of aliphatic hydroxyl groups is 1. The Balaban J connectivity index is 1.42. The summed E-state index contributed by atoms with van der Waals surface area (Å²) in [6.07, 6.45) is -12.3. The number of phosphoric acid groups is 1. The number of rotatable bonds is 24. The molecule has 3 aromatic carbocycles. The minimum absolute atomic E-state index is 0.00313. The highest BCUT2D eigenvalue weighted by Gasteiger charge is 2.55. The van der Waals surface area contributed by atoms with Gasteiger partial charge >= 0.3 is 19.9 Å². The summed E-state index contributed by atoms with van der Waals surface area (Å²) in [6.45, 7) is 15.7. The van der Waals surface area contributed by atoms with E-state index in [1.54, 1.807) is 38.1 Å². The first-order valence-electron chi connectivity index (χ1n) is 25.0. The zero-order chi connectivity index (χ0) is 54.2. The van der Waals surface area contributed by atoms with E-state index in [0.717, 1.165) is 11.1 Å². The number of esters is 1. The van der Waals surface area contributed by atoms with Crippen LogP contribution in [0, 0.1) is 0 Å². The number of hydrogen-bond donors (Lipinski definition) is 2. The first-order chi connectivity index (χ1) is 35.9. The van der Waals surface area contributed by atoms with Gasteiger partial charge in [-0.3, -0.25) is 23.2 Å². The van der Waals surface area contributed by atoms with Gasteiger partial charge in [0.1, 0.15) is 49.2 Å². The normalized spacial score (nSPS) is 26.0. The van der Waals surface area contributed by atoms with Crippen molar-refractivity contribution < 1.29 is 79.9 Å². The number of amides is 1. The van der Waals surface area contributed by atoms with Crippen LogP contribution in [0.3, 0.4) is 0 Å². The summed E-state index contributed by atoms with van der Waals surface area (Å²) in [5, 5.41) is 18.6. The molecular weight excluding hydrogens is 1010 g/mol. The third-order valence-electron chi connectivity index (χ3n) is 13.3. The maximum Gasteiger partial charge on any atom is 0.509 e. The molecule has 3 heterocycles. The van der Waals surface area contributed by atoms with Gasteiger partial charge in [0.15, 0.2) is 27.0 Å². The molecule has 4 unspecified atom stereocenters. The third kappa shape index (κ3) is 16.7. The van der Waals surface area contributed by atoms with Crippen LogP contribution in [0.2, 0.25) is 18.1 Å². The topological polar surface area (TPSA) is 260 Å². The minimum atomic E-state index is -4.60. The van der Waals surface area contributed by atoms with Crippen LogP contribution in [0.5, 0.6) is 0 Å². The van der Waals surface area contributed by atoms with Crippen molar-refractivity contribution in [1.29, 1.82) is 0 Å². The molecule has 21 nitrogen and oxygen atoms in total. The number of aliphatic hydroxyl groups excluding tert-OH is 1. The van der Waals surface area contributed by atoms with E-state index >= 15 is 0 Å². The molecule has 23 heteroatoms. The molecule has 3 aromatic rings. The Labute approximate surface area is 439 Å². The van der Waals surface area contributed by atoms with Crippen molar-refractivity contribution in [3.05, 3.63) is 130 Å². The second kappa shape index (κ2) is 27.8. The van der Waals surface area contributed by atoms with Crippen LogP contribution in [-0.4, -0.2) is 119 Å². The number of azide groups is 1. The van der Waals surface area contributed by atoms with Gasteiger partial charge in [0.05, 0.1) is 52.2 Å². The van der Waals surface area contributed by atoms with E-state index in [2.05, 4.69) is 21.9 Å². The molecule has 2 N–H and O–H groups in total. The van der Waals surface area contributed by atoms with Crippen molar-refractivity contribution in [1.82, 2.24) is 5.32 Å². The Hall–Kier alpha value is -5.03. The summed E-state index contributed by atoms with van der Waals surface area (Å²) in [5.41, 5.74) is 12.7. The minimum Gasteiger partial charge on any atom is -0.462 e. The molecule has 0 aliphatic carbocycles. The van der Waals surface area contributed by atoms with Crippen LogP contribution in [0.25, 0.3) is 10.4 Å². The van der Waals surface area contributed by atoms with Crippen molar-refractivity contribution in [2.24, 2.45) is 5.11 Å². The Morgan fingerprint density at radius 1 is 0.880 bits per heavy atom. The third-order valence-corrected chi connectivity index (χ3v) is 19.1. The lowest BCUT2D eigenvalue weighted by atomic mass is 9.95. The number of nitrogens with zero attached hydrogens (tertiary/aromatic N) is 3. The van der Waals surface area contributed by atoms with Crippen LogP contribution in [0.4, 0.5) is 4.79 Å². The number of benzene rings is 3. The largest absolute Gasteiger partial charge is 0.509 e. The number of carbonyl (C=O) groups excluding carboxylic acids is 3. The van der Waals surface area contributed by atoms with Crippen molar-refractivity contribution >= 4 is 34.2 Å². The van der Waals surface area contributed by atoms with E-state index in [1.807, 2.05) is 94.5 Å². The fraction of sp³-hybridized carbons (Fsp3) is 0.558. The highest BCUT2D eigenvalue weighted by atomic mass is 31.2. The standard InChI is InChI=1S/C52H71N4O17PSi/c1-9-26-63-51(60)71-48-44(54-41(57)27-38(10-2)68-42(58)11-3)49(69-39(32-62-28-34-20-14-12-15-21-34)47(48)72-74(61)66-30-36-24-18-19-25-37(36)31-67-74)65-33-40-46(64-29-35-22-16-13-17-23-35)45(59)43(55-56-53)50(70-40)73-75(7,8)52(4,5)6/h9,12-25,38-40,43-50,59H,1,10-11,26-33H2,2-8H3,(H,54,57)/t38-,39?,40?,43?,44?,45-,46-,47+,48-,49-,50+/m1/s1. The summed E-state index contributed by atoms with van der Waals surface area (Å²) < 4.78 is 89.2. The van der Waals surface area contributed by atoms with Gasteiger partial charge in [-0.15, -0.1) is 0 Å².